The molecule has 192 valence electrons. The smallest absolute Gasteiger partial charge is 0.387 e. The summed E-state index contributed by atoms with van der Waals surface area (Å²) in [5, 5.41) is 13.7. The van der Waals surface area contributed by atoms with E-state index in [1.807, 2.05) is 0 Å². The minimum Gasteiger partial charge on any atom is -0.387 e. The van der Waals surface area contributed by atoms with E-state index in [0.717, 1.165) is 55.8 Å². The number of alkyl halides is 3. The van der Waals surface area contributed by atoms with Crippen molar-refractivity contribution in [2.75, 3.05) is 25.0 Å². The molecule has 36 heavy (non-hydrogen) atoms. The van der Waals surface area contributed by atoms with E-state index in [4.69, 9.17) is 0 Å². The number of nitrogens with one attached hydrogen (secondary N) is 1. The van der Waals surface area contributed by atoms with Crippen LogP contribution < -0.4 is 5.32 Å². The van der Waals surface area contributed by atoms with E-state index in [9.17, 15) is 23.1 Å². The third-order valence-corrected chi connectivity index (χ3v) is 8.21. The largest absolute Gasteiger partial charge is 0.416 e. The second kappa shape index (κ2) is 10.4. The van der Waals surface area contributed by atoms with Gasteiger partial charge in [0, 0.05) is 37.1 Å². The molecule has 7 nitrogen and oxygen atoms in total. The Bertz CT molecular complexity index is 1190. The van der Waals surface area contributed by atoms with Crippen LogP contribution >= 0.6 is 11.3 Å². The van der Waals surface area contributed by atoms with Crippen molar-refractivity contribution in [1.82, 2.24) is 19.9 Å². The first-order valence-electron chi connectivity index (χ1n) is 12.2. The van der Waals surface area contributed by atoms with E-state index in [-0.39, 0.29) is 29.4 Å². The zero-order chi connectivity index (χ0) is 25.3. The van der Waals surface area contributed by atoms with Crippen LogP contribution in [0, 0.1) is 11.8 Å². The predicted molar refractivity (Wildman–Crippen MR) is 131 cm³/mol. The highest BCUT2D eigenvalue weighted by Gasteiger charge is 2.37. The molecule has 1 aliphatic carbocycles. The van der Waals surface area contributed by atoms with Gasteiger partial charge in [0.15, 0.2) is 5.78 Å². The molecule has 1 unspecified atom stereocenters. The summed E-state index contributed by atoms with van der Waals surface area (Å²) in [5.74, 6) is 0.803. The van der Waals surface area contributed by atoms with Crippen molar-refractivity contribution < 1.29 is 23.1 Å². The lowest BCUT2D eigenvalue weighted by Gasteiger charge is -2.47. The summed E-state index contributed by atoms with van der Waals surface area (Å²) < 4.78 is 39.3. The summed E-state index contributed by atoms with van der Waals surface area (Å²) in [6.45, 7) is 1.77. The number of benzene rings is 1. The van der Waals surface area contributed by atoms with Gasteiger partial charge >= 0.3 is 6.18 Å². The molecule has 2 fully saturated rings. The lowest BCUT2D eigenvalue weighted by atomic mass is 9.80. The first kappa shape index (κ1) is 25.0. The van der Waals surface area contributed by atoms with Gasteiger partial charge in [0.05, 0.1) is 34.1 Å². The Morgan fingerprint density at radius 1 is 1.19 bits per heavy atom. The van der Waals surface area contributed by atoms with Gasteiger partial charge in [-0.05, 0) is 55.7 Å². The third kappa shape index (κ3) is 5.52. The Kier molecular flexibility index (Phi) is 7.23. The summed E-state index contributed by atoms with van der Waals surface area (Å²) in [6, 6.07) is 3.80. The highest BCUT2D eigenvalue weighted by molar-refractivity contribution is 7.09. The summed E-state index contributed by atoms with van der Waals surface area (Å²) >= 11 is 1.50. The van der Waals surface area contributed by atoms with Crippen LogP contribution in [-0.2, 0) is 11.0 Å². The summed E-state index contributed by atoms with van der Waals surface area (Å²) in [7, 11) is 0. The molecule has 2 aliphatic rings. The highest BCUT2D eigenvalue weighted by Crippen LogP contribution is 2.39. The maximum absolute atomic E-state index is 13.1. The van der Waals surface area contributed by atoms with E-state index >= 15 is 0 Å². The standard InChI is InChI=1S/C25H28F3N5O2S/c26-25(27,28)17-3-6-21-20(8-17)24(32-13-31-21)30-9-19(34)7-15-11-33(12-15)18-4-1-16(2-5-18)23(35)22-10-29-14-36-22/h3,6,8,10,13-16,18,23,35H,1-2,4-5,7,9,11-12H2,(H,30,31,32). The Hall–Kier alpha value is -2.63. The monoisotopic (exact) mass is 519 g/mol. The molecule has 0 amide bonds. The molecule has 2 N–H and O–H groups in total. The molecule has 11 heteroatoms. The average molecular weight is 520 g/mol. The number of carbonyl (C=O) groups is 1. The van der Waals surface area contributed by atoms with Gasteiger partial charge in [-0.2, -0.15) is 13.2 Å². The topological polar surface area (TPSA) is 91.2 Å². The van der Waals surface area contributed by atoms with Crippen LogP contribution in [0.15, 0.2) is 36.2 Å². The number of likely N-dealkylation sites (tertiary alicyclic amines) is 1. The van der Waals surface area contributed by atoms with E-state index < -0.39 is 17.8 Å². The number of aliphatic hydroxyl groups excluding tert-OH is 1. The van der Waals surface area contributed by atoms with Crippen LogP contribution in [0.2, 0.25) is 0 Å². The Labute approximate surface area is 210 Å². The first-order valence-corrected chi connectivity index (χ1v) is 13.0. The first-order chi connectivity index (χ1) is 17.3. The molecule has 0 bridgehead atoms. The van der Waals surface area contributed by atoms with Gasteiger partial charge in [-0.15, -0.1) is 11.3 Å². The maximum Gasteiger partial charge on any atom is 0.416 e. The molecule has 5 rings (SSSR count). The lowest BCUT2D eigenvalue weighted by Crippen LogP contribution is -2.53. The molecule has 3 heterocycles. The average Bonchev–Trinajstić information content (AvgIpc) is 3.38. The fourth-order valence-corrected chi connectivity index (χ4v) is 6.07. The Morgan fingerprint density at radius 3 is 2.67 bits per heavy atom. The zero-order valence-corrected chi connectivity index (χ0v) is 20.4. The van der Waals surface area contributed by atoms with Gasteiger partial charge < -0.3 is 10.4 Å². The lowest BCUT2D eigenvalue weighted by molar-refractivity contribution is -0.137. The van der Waals surface area contributed by atoms with Gasteiger partial charge in [-0.25, -0.2) is 9.97 Å². The SMILES string of the molecule is O=C(CNc1ncnc2ccc(C(F)(F)F)cc12)CC1CN(C2CCC(C(O)c3cncs3)CC2)C1. The van der Waals surface area contributed by atoms with Crippen molar-refractivity contribution in [3.63, 3.8) is 0 Å². The number of fused-ring (bicyclic) bond motifs is 1. The second-order valence-corrected chi connectivity index (χ2v) is 10.7. The van der Waals surface area contributed by atoms with E-state index in [0.29, 0.717) is 23.9 Å². The van der Waals surface area contributed by atoms with Crippen LogP contribution in [0.4, 0.5) is 19.0 Å². The maximum atomic E-state index is 13.1. The molecular formula is C25H28F3N5O2S. The minimum absolute atomic E-state index is 0.00905. The molecule has 1 aromatic carbocycles. The van der Waals surface area contributed by atoms with Crippen molar-refractivity contribution in [3.8, 4) is 0 Å². The van der Waals surface area contributed by atoms with Crippen LogP contribution in [0.3, 0.4) is 0 Å². The normalized spacial score (nSPS) is 22.3. The number of carbonyl (C=O) groups excluding carboxylic acids is 1. The number of halogens is 3. The van der Waals surface area contributed by atoms with Gasteiger partial charge in [0.25, 0.3) is 0 Å². The number of hydrogen-bond donors (Lipinski definition) is 2. The van der Waals surface area contributed by atoms with Crippen LogP contribution in [-0.4, -0.2) is 56.4 Å². The molecule has 2 aromatic heterocycles. The number of hydrogen-bond acceptors (Lipinski definition) is 8. The van der Waals surface area contributed by atoms with E-state index in [1.165, 1.54) is 23.7 Å². The van der Waals surface area contributed by atoms with Crippen molar-refractivity contribution in [2.24, 2.45) is 11.8 Å². The van der Waals surface area contributed by atoms with Crippen molar-refractivity contribution in [3.05, 3.63) is 46.7 Å². The van der Waals surface area contributed by atoms with Crippen LogP contribution in [0.1, 0.15) is 48.6 Å². The molecule has 1 saturated carbocycles. The zero-order valence-electron chi connectivity index (χ0n) is 19.6. The fourth-order valence-electron chi connectivity index (χ4n) is 5.37. The van der Waals surface area contributed by atoms with E-state index in [1.54, 1.807) is 11.7 Å². The third-order valence-electron chi connectivity index (χ3n) is 7.36. The number of Topliss-reactive ketones (excluding diaryl/α,β-unsaturated/α-hetero) is 1. The molecular weight excluding hydrogens is 491 g/mol. The quantitative estimate of drug-likeness (QED) is 0.446. The number of aromatic nitrogens is 3. The number of thiazole rings is 1. The van der Waals surface area contributed by atoms with Gasteiger partial charge in [-0.3, -0.25) is 14.7 Å². The van der Waals surface area contributed by atoms with Crippen molar-refractivity contribution in [1.29, 1.82) is 0 Å². The highest BCUT2D eigenvalue weighted by atomic mass is 32.1. The summed E-state index contributed by atoms with van der Waals surface area (Å²) in [4.78, 5) is 28.1. The number of nitrogens with zero attached hydrogens (tertiary/aromatic N) is 4. The van der Waals surface area contributed by atoms with Crippen molar-refractivity contribution in [2.45, 2.75) is 50.4 Å². The number of anilines is 1. The van der Waals surface area contributed by atoms with Crippen LogP contribution in [0.5, 0.6) is 0 Å². The molecule has 1 saturated heterocycles. The molecule has 3 aromatic rings. The van der Waals surface area contributed by atoms with Gasteiger partial charge in [0.1, 0.15) is 12.1 Å². The Morgan fingerprint density at radius 2 is 1.97 bits per heavy atom. The predicted octanol–water partition coefficient (Wildman–Crippen LogP) is 4.70. The summed E-state index contributed by atoms with van der Waals surface area (Å²) in [6.07, 6.45) is 2.62. The van der Waals surface area contributed by atoms with Gasteiger partial charge in [0.2, 0.25) is 0 Å². The fraction of sp³-hybridized carbons (Fsp3) is 0.520. The number of rotatable bonds is 8. The number of aliphatic hydroxyl groups is 1. The molecule has 0 spiro atoms. The number of ketones is 1. The minimum atomic E-state index is -4.46. The van der Waals surface area contributed by atoms with Crippen molar-refractivity contribution >= 4 is 33.8 Å². The van der Waals surface area contributed by atoms with Crippen LogP contribution in [0.25, 0.3) is 10.9 Å². The molecule has 0 radical (unpaired) electrons. The summed E-state index contributed by atoms with van der Waals surface area (Å²) in [5.41, 5.74) is 1.36. The molecule has 1 atom stereocenters. The molecule has 1 aliphatic heterocycles. The Balaban J connectivity index is 1.07. The van der Waals surface area contributed by atoms with Gasteiger partial charge in [-0.1, -0.05) is 0 Å². The second-order valence-electron chi connectivity index (χ2n) is 9.79. The van der Waals surface area contributed by atoms with E-state index in [2.05, 4.69) is 25.2 Å².